The van der Waals surface area contributed by atoms with Crippen LogP contribution >= 0.6 is 12.4 Å². The molecule has 2 unspecified atom stereocenters. The molecule has 4 N–H and O–H groups in total. The molecule has 2 atom stereocenters. The summed E-state index contributed by atoms with van der Waals surface area (Å²) in [5, 5.41) is 5.50. The molecule has 0 bridgehead atoms. The Labute approximate surface area is 136 Å². The molecular weight excluding hydrogens is 308 g/mol. The lowest BCUT2D eigenvalue weighted by Crippen LogP contribution is -2.44. The van der Waals surface area contributed by atoms with E-state index in [4.69, 9.17) is 5.73 Å². The Bertz CT molecular complexity index is 403. The van der Waals surface area contributed by atoms with Crippen LogP contribution in [0.2, 0.25) is 0 Å². The number of amides is 4. The number of hydrogen-bond acceptors (Lipinski definition) is 4. The molecule has 0 aromatic carbocycles. The molecule has 7 nitrogen and oxygen atoms in total. The zero-order chi connectivity index (χ0) is 15.2. The van der Waals surface area contributed by atoms with E-state index < -0.39 is 0 Å². The molecule has 22 heavy (non-hydrogen) atoms. The summed E-state index contributed by atoms with van der Waals surface area (Å²) in [7, 11) is 0. The molecule has 2 rings (SSSR count). The number of halogens is 1. The molecule has 2 aliphatic rings. The first-order valence-electron chi connectivity index (χ1n) is 7.69. The van der Waals surface area contributed by atoms with Crippen molar-refractivity contribution in [2.75, 3.05) is 19.6 Å². The van der Waals surface area contributed by atoms with Crippen LogP contribution in [0.25, 0.3) is 0 Å². The number of imide groups is 1. The number of nitrogens with one attached hydrogen (secondary N) is 2. The molecule has 1 aliphatic carbocycles. The van der Waals surface area contributed by atoms with E-state index in [0.29, 0.717) is 31.8 Å². The fraction of sp³-hybridized carbons (Fsp3) is 0.786. The minimum atomic E-state index is -0.365. The molecule has 1 heterocycles. The van der Waals surface area contributed by atoms with Crippen molar-refractivity contribution in [1.82, 2.24) is 15.5 Å². The number of nitrogens with zero attached hydrogens (tertiary/aromatic N) is 1. The fourth-order valence-electron chi connectivity index (χ4n) is 3.04. The fourth-order valence-corrected chi connectivity index (χ4v) is 3.04. The summed E-state index contributed by atoms with van der Waals surface area (Å²) < 4.78 is 0. The molecular formula is C14H25ClN4O3. The number of rotatable bonds is 6. The van der Waals surface area contributed by atoms with E-state index in [1.54, 1.807) is 0 Å². The predicted octanol–water partition coefficient (Wildman–Crippen LogP) is 0.374. The van der Waals surface area contributed by atoms with Crippen molar-refractivity contribution in [2.45, 2.75) is 44.6 Å². The lowest BCUT2D eigenvalue weighted by atomic mass is 9.84. The second kappa shape index (κ2) is 8.95. The average Bonchev–Trinajstić information content (AvgIpc) is 2.79. The monoisotopic (exact) mass is 332 g/mol. The van der Waals surface area contributed by atoms with E-state index in [1.165, 1.54) is 6.42 Å². The maximum absolute atomic E-state index is 12.0. The lowest BCUT2D eigenvalue weighted by Gasteiger charge is -2.31. The molecule has 1 aliphatic heterocycles. The summed E-state index contributed by atoms with van der Waals surface area (Å²) in [5.74, 6) is 0.122. The van der Waals surface area contributed by atoms with Gasteiger partial charge in [0.15, 0.2) is 0 Å². The predicted molar refractivity (Wildman–Crippen MR) is 84.5 cm³/mol. The van der Waals surface area contributed by atoms with Crippen molar-refractivity contribution in [3.63, 3.8) is 0 Å². The van der Waals surface area contributed by atoms with E-state index in [-0.39, 0.29) is 42.8 Å². The second-order valence-corrected chi connectivity index (χ2v) is 5.76. The van der Waals surface area contributed by atoms with Gasteiger partial charge >= 0.3 is 6.03 Å². The van der Waals surface area contributed by atoms with Crippen LogP contribution in [0, 0.1) is 5.92 Å². The van der Waals surface area contributed by atoms with Gasteiger partial charge in [-0.1, -0.05) is 12.8 Å². The Hall–Kier alpha value is -1.34. The molecule has 0 spiro atoms. The summed E-state index contributed by atoms with van der Waals surface area (Å²) in [6.07, 6.45) is 5.19. The summed E-state index contributed by atoms with van der Waals surface area (Å²) in [4.78, 5) is 35.8. The van der Waals surface area contributed by atoms with Gasteiger partial charge in [-0.05, 0) is 31.7 Å². The van der Waals surface area contributed by atoms with Crippen LogP contribution in [0.1, 0.15) is 38.5 Å². The van der Waals surface area contributed by atoms with Gasteiger partial charge in [0.2, 0.25) is 11.8 Å². The van der Waals surface area contributed by atoms with E-state index in [0.717, 1.165) is 24.2 Å². The van der Waals surface area contributed by atoms with Gasteiger partial charge in [-0.25, -0.2) is 4.79 Å². The van der Waals surface area contributed by atoms with Crippen LogP contribution in [0.4, 0.5) is 4.79 Å². The van der Waals surface area contributed by atoms with E-state index in [2.05, 4.69) is 10.6 Å². The van der Waals surface area contributed by atoms with Crippen LogP contribution in [-0.4, -0.2) is 48.4 Å². The van der Waals surface area contributed by atoms with Gasteiger partial charge in [0, 0.05) is 19.0 Å². The minimum absolute atomic E-state index is 0. The maximum atomic E-state index is 12.0. The summed E-state index contributed by atoms with van der Waals surface area (Å²) >= 11 is 0. The molecule has 1 saturated carbocycles. The number of hydrogen-bond donors (Lipinski definition) is 3. The molecule has 8 heteroatoms. The smallest absolute Gasteiger partial charge is 0.324 e. The molecule has 0 aromatic heterocycles. The van der Waals surface area contributed by atoms with Gasteiger partial charge in [0.1, 0.15) is 0 Å². The van der Waals surface area contributed by atoms with Crippen molar-refractivity contribution in [1.29, 1.82) is 0 Å². The van der Waals surface area contributed by atoms with Crippen molar-refractivity contribution in [2.24, 2.45) is 11.7 Å². The molecule has 126 valence electrons. The van der Waals surface area contributed by atoms with Gasteiger partial charge in [0.05, 0.1) is 6.54 Å². The van der Waals surface area contributed by atoms with E-state index >= 15 is 0 Å². The van der Waals surface area contributed by atoms with E-state index in [1.807, 2.05) is 0 Å². The van der Waals surface area contributed by atoms with Crippen LogP contribution in [-0.2, 0) is 9.59 Å². The molecule has 1 saturated heterocycles. The Kier molecular flexibility index (Phi) is 7.61. The third kappa shape index (κ3) is 4.84. The lowest BCUT2D eigenvalue weighted by molar-refractivity contribution is -0.126. The first-order valence-corrected chi connectivity index (χ1v) is 7.69. The van der Waals surface area contributed by atoms with Gasteiger partial charge in [-0.2, -0.15) is 0 Å². The average molecular weight is 333 g/mol. The number of carbonyl (C=O) groups excluding carboxylic acids is 3. The summed E-state index contributed by atoms with van der Waals surface area (Å²) in [5.41, 5.74) is 5.74. The Balaban J connectivity index is 0.00000242. The van der Waals surface area contributed by atoms with Crippen LogP contribution < -0.4 is 16.4 Å². The Morgan fingerprint density at radius 3 is 2.68 bits per heavy atom. The molecule has 0 aromatic rings. The van der Waals surface area contributed by atoms with Gasteiger partial charge in [-0.3, -0.25) is 14.5 Å². The van der Waals surface area contributed by atoms with Crippen LogP contribution in [0.3, 0.4) is 0 Å². The highest BCUT2D eigenvalue weighted by Crippen LogP contribution is 2.23. The largest absolute Gasteiger partial charge is 0.353 e. The normalized spacial score (nSPS) is 24.7. The SMILES string of the molecule is Cl.NCC1CCCCC1NC(=O)CCCN1C(=O)CNC1=O. The minimum Gasteiger partial charge on any atom is -0.353 e. The van der Waals surface area contributed by atoms with Gasteiger partial charge in [0.25, 0.3) is 0 Å². The van der Waals surface area contributed by atoms with Gasteiger partial charge < -0.3 is 16.4 Å². The number of urea groups is 1. The standard InChI is InChI=1S/C14H24N4O3.ClH/c15-8-10-4-1-2-5-11(10)17-12(19)6-3-7-18-13(20)9-16-14(18)21;/h10-11H,1-9,15H2,(H,16,21)(H,17,19);1H. The second-order valence-electron chi connectivity index (χ2n) is 5.76. The van der Waals surface area contributed by atoms with Crippen molar-refractivity contribution < 1.29 is 14.4 Å². The number of nitrogens with two attached hydrogens (primary N) is 1. The first-order chi connectivity index (χ1) is 10.1. The molecule has 4 amide bonds. The highest BCUT2D eigenvalue weighted by molar-refractivity contribution is 6.01. The quantitative estimate of drug-likeness (QED) is 0.611. The van der Waals surface area contributed by atoms with Crippen LogP contribution in [0.5, 0.6) is 0 Å². The van der Waals surface area contributed by atoms with Crippen LogP contribution in [0.15, 0.2) is 0 Å². The summed E-state index contributed by atoms with van der Waals surface area (Å²) in [6.45, 7) is 0.960. The summed E-state index contributed by atoms with van der Waals surface area (Å²) in [6, 6.07) is -0.191. The van der Waals surface area contributed by atoms with Crippen molar-refractivity contribution >= 4 is 30.3 Å². The highest BCUT2D eigenvalue weighted by Gasteiger charge is 2.28. The third-order valence-corrected chi connectivity index (χ3v) is 4.28. The van der Waals surface area contributed by atoms with Gasteiger partial charge in [-0.15, -0.1) is 12.4 Å². The first kappa shape index (κ1) is 18.7. The maximum Gasteiger partial charge on any atom is 0.324 e. The molecule has 0 radical (unpaired) electrons. The number of carbonyl (C=O) groups is 3. The Morgan fingerprint density at radius 2 is 2.05 bits per heavy atom. The molecule has 2 fully saturated rings. The van der Waals surface area contributed by atoms with E-state index in [9.17, 15) is 14.4 Å². The van der Waals surface area contributed by atoms with Crippen molar-refractivity contribution in [3.05, 3.63) is 0 Å². The third-order valence-electron chi connectivity index (χ3n) is 4.28. The van der Waals surface area contributed by atoms with Crippen molar-refractivity contribution in [3.8, 4) is 0 Å². The topological polar surface area (TPSA) is 105 Å². The zero-order valence-corrected chi connectivity index (χ0v) is 13.5. The zero-order valence-electron chi connectivity index (χ0n) is 12.7. The highest BCUT2D eigenvalue weighted by atomic mass is 35.5. The Morgan fingerprint density at radius 1 is 1.32 bits per heavy atom.